The summed E-state index contributed by atoms with van der Waals surface area (Å²) >= 11 is 12.2. The lowest BCUT2D eigenvalue weighted by molar-refractivity contribution is 0.230. The zero-order valence-electron chi connectivity index (χ0n) is 12.0. The first-order valence-electron chi connectivity index (χ1n) is 7.15. The number of amides is 2. The molecule has 2 rings (SSSR count). The van der Waals surface area contributed by atoms with Gasteiger partial charge in [-0.15, -0.1) is 0 Å². The maximum absolute atomic E-state index is 11.9. The highest BCUT2D eigenvalue weighted by Gasteiger charge is 2.26. The maximum Gasteiger partial charge on any atom is 0.315 e. The van der Waals surface area contributed by atoms with Crippen molar-refractivity contribution in [2.45, 2.75) is 32.2 Å². The Bertz CT molecular complexity index is 523. The third kappa shape index (κ3) is 4.02. The highest BCUT2D eigenvalue weighted by atomic mass is 35.5. The van der Waals surface area contributed by atoms with Crippen LogP contribution in [0.4, 0.5) is 4.79 Å². The van der Waals surface area contributed by atoms with Crippen molar-refractivity contribution in [1.82, 2.24) is 10.6 Å². The van der Waals surface area contributed by atoms with Crippen LogP contribution in [-0.4, -0.2) is 24.3 Å². The van der Waals surface area contributed by atoms with Gasteiger partial charge in [0.1, 0.15) is 0 Å². The van der Waals surface area contributed by atoms with E-state index in [4.69, 9.17) is 28.3 Å². The van der Waals surface area contributed by atoms with Crippen molar-refractivity contribution < 1.29 is 9.90 Å². The lowest BCUT2D eigenvalue weighted by atomic mass is 10.1. The van der Waals surface area contributed by atoms with Crippen molar-refractivity contribution in [3.8, 4) is 0 Å². The molecule has 1 aliphatic carbocycles. The SMILES string of the molecule is C[C@@H](CCO)CNC(=O)N[C@H]1CCc2c1ccc(Cl)c2Cl. The summed E-state index contributed by atoms with van der Waals surface area (Å²) in [5.41, 5.74) is 2.08. The summed E-state index contributed by atoms with van der Waals surface area (Å²) in [7, 11) is 0. The normalized spacial score (nSPS) is 18.2. The van der Waals surface area contributed by atoms with Crippen LogP contribution in [0.25, 0.3) is 0 Å². The number of nitrogens with one attached hydrogen (secondary N) is 2. The van der Waals surface area contributed by atoms with Gasteiger partial charge < -0.3 is 15.7 Å². The number of hydrogen-bond acceptors (Lipinski definition) is 2. The molecule has 0 bridgehead atoms. The number of halogens is 2. The first kappa shape index (κ1) is 16.4. The van der Waals surface area contributed by atoms with E-state index in [2.05, 4.69) is 10.6 Å². The van der Waals surface area contributed by atoms with Gasteiger partial charge in [0.2, 0.25) is 0 Å². The van der Waals surface area contributed by atoms with E-state index in [-0.39, 0.29) is 24.6 Å². The molecule has 4 nitrogen and oxygen atoms in total. The predicted octanol–water partition coefficient (Wildman–Crippen LogP) is 3.30. The van der Waals surface area contributed by atoms with E-state index in [0.717, 1.165) is 24.0 Å². The highest BCUT2D eigenvalue weighted by Crippen LogP contribution is 2.38. The lowest BCUT2D eigenvalue weighted by Gasteiger charge is -2.17. The molecule has 0 fully saturated rings. The molecule has 0 unspecified atom stereocenters. The molecule has 1 aromatic carbocycles. The zero-order chi connectivity index (χ0) is 15.4. The van der Waals surface area contributed by atoms with Crippen molar-refractivity contribution in [3.63, 3.8) is 0 Å². The van der Waals surface area contributed by atoms with Crippen LogP contribution in [0.15, 0.2) is 12.1 Å². The number of hydrogen-bond donors (Lipinski definition) is 3. The summed E-state index contributed by atoms with van der Waals surface area (Å²) in [6, 6.07) is 3.48. The molecule has 2 amide bonds. The van der Waals surface area contributed by atoms with E-state index in [0.29, 0.717) is 23.0 Å². The summed E-state index contributed by atoms with van der Waals surface area (Å²) in [4.78, 5) is 11.9. The monoisotopic (exact) mass is 330 g/mol. The number of benzene rings is 1. The van der Waals surface area contributed by atoms with Crippen LogP contribution < -0.4 is 10.6 Å². The Morgan fingerprint density at radius 1 is 1.48 bits per heavy atom. The molecule has 0 saturated carbocycles. The molecule has 1 aromatic rings. The molecule has 21 heavy (non-hydrogen) atoms. The smallest absolute Gasteiger partial charge is 0.315 e. The molecular weight excluding hydrogens is 311 g/mol. The Kier molecular flexibility index (Phi) is 5.73. The van der Waals surface area contributed by atoms with Crippen LogP contribution in [-0.2, 0) is 6.42 Å². The number of carbonyl (C=O) groups is 1. The van der Waals surface area contributed by atoms with Gasteiger partial charge in [-0.3, -0.25) is 0 Å². The van der Waals surface area contributed by atoms with Gasteiger partial charge >= 0.3 is 6.03 Å². The Balaban J connectivity index is 1.92. The van der Waals surface area contributed by atoms with E-state index in [1.807, 2.05) is 13.0 Å². The standard InChI is InChI=1S/C15H20Cl2N2O2/c1-9(6-7-20)8-18-15(21)19-13-5-3-11-10(13)2-4-12(16)14(11)17/h2,4,9,13,20H,3,5-8H2,1H3,(H2,18,19,21)/t9-,13-/m0/s1. The fourth-order valence-corrected chi connectivity index (χ4v) is 3.02. The fraction of sp³-hybridized carbons (Fsp3) is 0.533. The van der Waals surface area contributed by atoms with E-state index in [1.54, 1.807) is 6.07 Å². The second-order valence-electron chi connectivity index (χ2n) is 5.49. The first-order valence-corrected chi connectivity index (χ1v) is 7.90. The Labute approximate surface area is 134 Å². The number of urea groups is 1. The second-order valence-corrected chi connectivity index (χ2v) is 6.28. The number of aliphatic hydroxyl groups excluding tert-OH is 1. The Hall–Kier alpha value is -0.970. The third-order valence-corrected chi connectivity index (χ3v) is 4.67. The summed E-state index contributed by atoms with van der Waals surface area (Å²) in [5.74, 6) is 0.255. The number of fused-ring (bicyclic) bond motifs is 1. The lowest BCUT2D eigenvalue weighted by Crippen LogP contribution is -2.39. The molecule has 3 N–H and O–H groups in total. The van der Waals surface area contributed by atoms with Gasteiger partial charge in [0.05, 0.1) is 16.1 Å². The van der Waals surface area contributed by atoms with Crippen LogP contribution in [0, 0.1) is 5.92 Å². The predicted molar refractivity (Wildman–Crippen MR) is 84.9 cm³/mol. The van der Waals surface area contributed by atoms with Gasteiger partial charge in [0.15, 0.2) is 0 Å². The van der Waals surface area contributed by atoms with E-state index < -0.39 is 0 Å². The van der Waals surface area contributed by atoms with Crippen molar-refractivity contribution in [1.29, 1.82) is 0 Å². The molecule has 0 aromatic heterocycles. The minimum atomic E-state index is -0.191. The van der Waals surface area contributed by atoms with Gasteiger partial charge in [0.25, 0.3) is 0 Å². The Morgan fingerprint density at radius 3 is 2.95 bits per heavy atom. The first-order chi connectivity index (χ1) is 10.0. The number of aliphatic hydroxyl groups is 1. The van der Waals surface area contributed by atoms with Crippen LogP contribution in [0.5, 0.6) is 0 Å². The molecule has 0 heterocycles. The molecule has 6 heteroatoms. The van der Waals surface area contributed by atoms with Crippen molar-refractivity contribution in [2.75, 3.05) is 13.2 Å². The molecular formula is C15H20Cl2N2O2. The summed E-state index contributed by atoms with van der Waals surface area (Å²) in [6.45, 7) is 2.68. The van der Waals surface area contributed by atoms with Crippen LogP contribution in [0.1, 0.15) is 36.9 Å². The summed E-state index contributed by atoms with van der Waals surface area (Å²) < 4.78 is 0. The molecule has 0 spiro atoms. The minimum absolute atomic E-state index is 0.0251. The van der Waals surface area contributed by atoms with Gasteiger partial charge in [-0.25, -0.2) is 4.79 Å². The van der Waals surface area contributed by atoms with Gasteiger partial charge in [0, 0.05) is 13.2 Å². The number of rotatable bonds is 5. The van der Waals surface area contributed by atoms with E-state index in [1.165, 1.54) is 0 Å². The van der Waals surface area contributed by atoms with Gasteiger partial charge in [-0.1, -0.05) is 36.2 Å². The van der Waals surface area contributed by atoms with Gasteiger partial charge in [-0.2, -0.15) is 0 Å². The molecule has 2 atom stereocenters. The third-order valence-electron chi connectivity index (χ3n) is 3.83. The Morgan fingerprint density at radius 2 is 2.24 bits per heavy atom. The molecule has 0 aliphatic heterocycles. The van der Waals surface area contributed by atoms with Crippen molar-refractivity contribution in [3.05, 3.63) is 33.3 Å². The van der Waals surface area contributed by atoms with Crippen molar-refractivity contribution >= 4 is 29.2 Å². The fourth-order valence-electron chi connectivity index (χ4n) is 2.58. The molecule has 0 saturated heterocycles. The van der Waals surface area contributed by atoms with Crippen LogP contribution in [0.2, 0.25) is 10.0 Å². The van der Waals surface area contributed by atoms with Crippen LogP contribution >= 0.6 is 23.2 Å². The van der Waals surface area contributed by atoms with E-state index >= 15 is 0 Å². The molecule has 116 valence electrons. The van der Waals surface area contributed by atoms with Crippen molar-refractivity contribution in [2.24, 2.45) is 5.92 Å². The topological polar surface area (TPSA) is 61.4 Å². The number of carbonyl (C=O) groups excluding carboxylic acids is 1. The highest BCUT2D eigenvalue weighted by molar-refractivity contribution is 6.42. The van der Waals surface area contributed by atoms with E-state index in [9.17, 15) is 4.79 Å². The van der Waals surface area contributed by atoms with Crippen LogP contribution in [0.3, 0.4) is 0 Å². The quantitative estimate of drug-likeness (QED) is 0.775. The summed E-state index contributed by atoms with van der Waals surface area (Å²) in [6.07, 6.45) is 2.33. The average molecular weight is 331 g/mol. The van der Waals surface area contributed by atoms with Gasteiger partial charge in [-0.05, 0) is 42.4 Å². The second kappa shape index (κ2) is 7.34. The minimum Gasteiger partial charge on any atom is -0.396 e. The maximum atomic E-state index is 11.9. The average Bonchev–Trinajstić information content (AvgIpc) is 2.85. The molecule has 1 aliphatic rings. The molecule has 0 radical (unpaired) electrons. The zero-order valence-corrected chi connectivity index (χ0v) is 13.5. The largest absolute Gasteiger partial charge is 0.396 e. The summed E-state index contributed by atoms with van der Waals surface area (Å²) in [5, 5.41) is 15.8.